The predicted octanol–water partition coefficient (Wildman–Crippen LogP) is 4.72. The Morgan fingerprint density at radius 3 is 2.30 bits per heavy atom. The van der Waals surface area contributed by atoms with Gasteiger partial charge in [0.1, 0.15) is 0 Å². The highest BCUT2D eigenvalue weighted by Crippen LogP contribution is 2.28. The number of aromatic nitrogens is 3. The molecule has 0 saturated heterocycles. The van der Waals surface area contributed by atoms with Crippen molar-refractivity contribution in [2.45, 2.75) is 18.6 Å². The van der Waals surface area contributed by atoms with Gasteiger partial charge in [-0.1, -0.05) is 71.9 Å². The summed E-state index contributed by atoms with van der Waals surface area (Å²) < 4.78 is 2.01. The van der Waals surface area contributed by atoms with E-state index in [9.17, 15) is 4.79 Å². The summed E-state index contributed by atoms with van der Waals surface area (Å²) in [6.07, 6.45) is 0. The van der Waals surface area contributed by atoms with Crippen LogP contribution in [0.1, 0.15) is 11.1 Å². The Hall–Kier alpha value is -3.58. The zero-order chi connectivity index (χ0) is 23.2. The zero-order valence-corrected chi connectivity index (χ0v) is 19.8. The van der Waals surface area contributed by atoms with Crippen LogP contribution in [0, 0.1) is 6.92 Å². The van der Waals surface area contributed by atoms with E-state index in [-0.39, 0.29) is 11.7 Å². The maximum Gasteiger partial charge on any atom is 0.230 e. The number of nitrogens with zero attached hydrogens (tertiary/aromatic N) is 4. The number of hydrogen-bond donors (Lipinski definition) is 1. The van der Waals surface area contributed by atoms with E-state index >= 15 is 0 Å². The summed E-state index contributed by atoms with van der Waals surface area (Å²) in [5.41, 5.74) is 5.31. The van der Waals surface area contributed by atoms with E-state index in [1.807, 2.05) is 90.3 Å². The molecule has 0 bridgehead atoms. The molecule has 0 unspecified atom stereocenters. The number of benzene rings is 3. The highest BCUT2D eigenvalue weighted by molar-refractivity contribution is 7.99. The highest BCUT2D eigenvalue weighted by Gasteiger charge is 2.17. The Morgan fingerprint density at radius 2 is 1.64 bits per heavy atom. The largest absolute Gasteiger partial charge is 0.378 e. The number of anilines is 1. The van der Waals surface area contributed by atoms with E-state index in [1.165, 1.54) is 17.3 Å². The molecule has 6 nitrogen and oxygen atoms in total. The predicted molar refractivity (Wildman–Crippen MR) is 135 cm³/mol. The summed E-state index contributed by atoms with van der Waals surface area (Å²) in [6, 6.07) is 26.3. The van der Waals surface area contributed by atoms with Gasteiger partial charge in [-0.3, -0.25) is 9.36 Å². The van der Waals surface area contributed by atoms with E-state index in [0.717, 1.165) is 28.3 Å². The second-order valence-corrected chi connectivity index (χ2v) is 8.91. The summed E-state index contributed by atoms with van der Waals surface area (Å²) in [6.45, 7) is 2.55. The molecular weight excluding hydrogens is 430 g/mol. The van der Waals surface area contributed by atoms with Crippen LogP contribution in [0.3, 0.4) is 0 Å². The molecule has 1 heterocycles. The van der Waals surface area contributed by atoms with Crippen LogP contribution in [-0.4, -0.2) is 40.5 Å². The number of carbonyl (C=O) groups is 1. The summed E-state index contributed by atoms with van der Waals surface area (Å²) >= 11 is 1.38. The monoisotopic (exact) mass is 457 g/mol. The van der Waals surface area contributed by atoms with Crippen LogP contribution in [0.25, 0.3) is 17.1 Å². The molecule has 33 heavy (non-hydrogen) atoms. The van der Waals surface area contributed by atoms with E-state index in [4.69, 9.17) is 0 Å². The summed E-state index contributed by atoms with van der Waals surface area (Å²) in [7, 11) is 4.01. The Morgan fingerprint density at radius 1 is 0.939 bits per heavy atom. The third-order valence-electron chi connectivity index (χ3n) is 5.23. The molecule has 0 spiro atoms. The average molecular weight is 458 g/mol. The van der Waals surface area contributed by atoms with Crippen molar-refractivity contribution in [2.75, 3.05) is 24.7 Å². The lowest BCUT2D eigenvalue weighted by Crippen LogP contribution is -2.24. The van der Waals surface area contributed by atoms with Crippen LogP contribution in [-0.2, 0) is 11.3 Å². The first-order chi connectivity index (χ1) is 16.0. The Balaban J connectivity index is 1.47. The van der Waals surface area contributed by atoms with Crippen LogP contribution >= 0.6 is 11.8 Å². The number of rotatable bonds is 8. The van der Waals surface area contributed by atoms with Gasteiger partial charge in [0.05, 0.1) is 5.75 Å². The second-order valence-electron chi connectivity index (χ2n) is 7.97. The molecule has 1 aromatic heterocycles. The molecular formula is C26H27N5OS. The Labute approximate surface area is 198 Å². The van der Waals surface area contributed by atoms with Crippen molar-refractivity contribution in [3.8, 4) is 17.1 Å². The maximum absolute atomic E-state index is 12.5. The summed E-state index contributed by atoms with van der Waals surface area (Å²) in [4.78, 5) is 14.6. The van der Waals surface area contributed by atoms with Crippen molar-refractivity contribution in [2.24, 2.45) is 0 Å². The summed E-state index contributed by atoms with van der Waals surface area (Å²) in [5.74, 6) is 0.967. The lowest BCUT2D eigenvalue weighted by molar-refractivity contribution is -0.118. The van der Waals surface area contributed by atoms with Crippen molar-refractivity contribution >= 4 is 23.4 Å². The van der Waals surface area contributed by atoms with E-state index in [1.54, 1.807) is 0 Å². The lowest BCUT2D eigenvalue weighted by Gasteiger charge is -2.13. The molecule has 0 aliphatic heterocycles. The fourth-order valence-corrected chi connectivity index (χ4v) is 4.14. The number of carbonyl (C=O) groups excluding carboxylic acids is 1. The molecule has 0 aliphatic rings. The lowest BCUT2D eigenvalue weighted by atomic mass is 10.2. The smallest absolute Gasteiger partial charge is 0.230 e. The van der Waals surface area contributed by atoms with Crippen molar-refractivity contribution in [3.05, 3.63) is 90.0 Å². The SMILES string of the molecule is Cc1ccc(-n2c(SCC(=O)NCc3ccc(N(C)C)cc3)nnc2-c2ccccc2)cc1. The Kier molecular flexibility index (Phi) is 7.10. The molecule has 0 saturated carbocycles. The minimum absolute atomic E-state index is 0.0450. The van der Waals surface area contributed by atoms with Crippen LogP contribution in [0.15, 0.2) is 84.0 Å². The molecule has 168 valence electrons. The van der Waals surface area contributed by atoms with Gasteiger partial charge in [0.2, 0.25) is 5.91 Å². The van der Waals surface area contributed by atoms with Gasteiger partial charge in [-0.25, -0.2) is 0 Å². The molecule has 3 aromatic carbocycles. The highest BCUT2D eigenvalue weighted by atomic mass is 32.2. The van der Waals surface area contributed by atoms with Gasteiger partial charge >= 0.3 is 0 Å². The van der Waals surface area contributed by atoms with Crippen LogP contribution in [0.4, 0.5) is 5.69 Å². The summed E-state index contributed by atoms with van der Waals surface area (Å²) in [5, 5.41) is 12.5. The second kappa shape index (κ2) is 10.4. The van der Waals surface area contributed by atoms with Gasteiger partial charge in [-0.15, -0.1) is 10.2 Å². The molecule has 0 atom stereocenters. The zero-order valence-electron chi connectivity index (χ0n) is 19.0. The first-order valence-corrected chi connectivity index (χ1v) is 11.7. The molecule has 7 heteroatoms. The van der Waals surface area contributed by atoms with Crippen molar-refractivity contribution < 1.29 is 4.79 Å². The fraction of sp³-hybridized carbons (Fsp3) is 0.192. The van der Waals surface area contributed by atoms with Gasteiger partial charge in [-0.2, -0.15) is 0 Å². The quantitative estimate of drug-likeness (QED) is 0.388. The minimum Gasteiger partial charge on any atom is -0.378 e. The molecule has 0 aliphatic carbocycles. The number of amides is 1. The number of thioether (sulfide) groups is 1. The fourth-order valence-electron chi connectivity index (χ4n) is 3.36. The van der Waals surface area contributed by atoms with E-state index < -0.39 is 0 Å². The third kappa shape index (κ3) is 5.62. The Bertz CT molecular complexity index is 1200. The van der Waals surface area contributed by atoms with Crippen molar-refractivity contribution in [1.82, 2.24) is 20.1 Å². The van der Waals surface area contributed by atoms with Crippen LogP contribution in [0.2, 0.25) is 0 Å². The van der Waals surface area contributed by atoms with E-state index in [2.05, 4.69) is 34.6 Å². The van der Waals surface area contributed by atoms with Crippen molar-refractivity contribution in [1.29, 1.82) is 0 Å². The molecule has 1 N–H and O–H groups in total. The first-order valence-electron chi connectivity index (χ1n) is 10.7. The molecule has 0 fully saturated rings. The first kappa shape index (κ1) is 22.6. The van der Waals surface area contributed by atoms with Crippen molar-refractivity contribution in [3.63, 3.8) is 0 Å². The van der Waals surface area contributed by atoms with Crippen LogP contribution < -0.4 is 10.2 Å². The van der Waals surface area contributed by atoms with Gasteiger partial charge in [-0.05, 0) is 36.8 Å². The topological polar surface area (TPSA) is 63.1 Å². The maximum atomic E-state index is 12.5. The normalized spacial score (nSPS) is 10.8. The molecule has 1 amide bonds. The average Bonchev–Trinajstić information content (AvgIpc) is 3.26. The van der Waals surface area contributed by atoms with Gasteiger partial charge in [0, 0.05) is 37.6 Å². The van der Waals surface area contributed by atoms with Crippen LogP contribution in [0.5, 0.6) is 0 Å². The van der Waals surface area contributed by atoms with E-state index in [0.29, 0.717) is 11.7 Å². The molecule has 4 rings (SSSR count). The number of hydrogen-bond acceptors (Lipinski definition) is 5. The van der Waals surface area contributed by atoms with Gasteiger partial charge in [0.25, 0.3) is 0 Å². The van der Waals surface area contributed by atoms with Gasteiger partial charge in [0.15, 0.2) is 11.0 Å². The molecule has 4 aromatic rings. The standard InChI is InChI=1S/C26H27N5OS/c1-19-9-13-23(14-10-19)31-25(21-7-5-4-6-8-21)28-29-26(31)33-18-24(32)27-17-20-11-15-22(16-12-20)30(2)3/h4-16H,17-18H2,1-3H3,(H,27,32). The van der Waals surface area contributed by atoms with Gasteiger partial charge < -0.3 is 10.2 Å². The number of nitrogens with one attached hydrogen (secondary N) is 1. The minimum atomic E-state index is -0.0450. The molecule has 0 radical (unpaired) electrons. The number of aryl methyl sites for hydroxylation is 1. The third-order valence-corrected chi connectivity index (χ3v) is 6.16.